The number of amides is 1. The number of hydrogen-bond acceptors (Lipinski definition) is 7. The van der Waals surface area contributed by atoms with Crippen molar-refractivity contribution in [1.29, 1.82) is 0 Å². The predicted molar refractivity (Wildman–Crippen MR) is 110 cm³/mol. The third kappa shape index (κ3) is 3.72. The van der Waals surface area contributed by atoms with Crippen molar-refractivity contribution in [2.45, 2.75) is 26.2 Å². The molecule has 4 rings (SSSR count). The zero-order chi connectivity index (χ0) is 19.7. The van der Waals surface area contributed by atoms with Crippen LogP contribution < -0.4 is 10.6 Å². The molecular formula is C20H19N5O2S. The number of aromatic nitrogens is 3. The Morgan fingerprint density at radius 1 is 1.04 bits per heavy atom. The summed E-state index contributed by atoms with van der Waals surface area (Å²) >= 11 is 1.09. The largest absolute Gasteiger partial charge is 0.359 e. The molecule has 0 bridgehead atoms. The number of benzene rings is 2. The number of rotatable bonds is 4. The maximum atomic E-state index is 12.6. The van der Waals surface area contributed by atoms with Crippen molar-refractivity contribution >= 4 is 45.9 Å². The molecule has 0 aliphatic carbocycles. The first kappa shape index (κ1) is 18.1. The van der Waals surface area contributed by atoms with Crippen LogP contribution in [0.1, 0.15) is 36.9 Å². The van der Waals surface area contributed by atoms with Crippen molar-refractivity contribution < 1.29 is 9.32 Å². The van der Waals surface area contributed by atoms with Crippen molar-refractivity contribution in [3.63, 3.8) is 0 Å². The quantitative estimate of drug-likeness (QED) is 0.508. The Balaban J connectivity index is 1.45. The maximum Gasteiger partial charge on any atom is 0.257 e. The lowest BCUT2D eigenvalue weighted by atomic mass is 9.93. The molecule has 0 aliphatic rings. The normalized spacial score (nSPS) is 11.5. The van der Waals surface area contributed by atoms with Gasteiger partial charge in [0.15, 0.2) is 5.82 Å². The van der Waals surface area contributed by atoms with Gasteiger partial charge in [0.25, 0.3) is 5.91 Å². The molecule has 0 spiro atoms. The van der Waals surface area contributed by atoms with E-state index in [4.69, 9.17) is 4.52 Å². The fourth-order valence-corrected chi connectivity index (χ4v) is 3.21. The van der Waals surface area contributed by atoms with Gasteiger partial charge in [0.05, 0.1) is 17.3 Å². The summed E-state index contributed by atoms with van der Waals surface area (Å²) in [6.07, 6.45) is 0. The van der Waals surface area contributed by atoms with E-state index < -0.39 is 0 Å². The Morgan fingerprint density at radius 2 is 1.79 bits per heavy atom. The van der Waals surface area contributed by atoms with Crippen molar-refractivity contribution in [3.05, 3.63) is 59.9 Å². The number of hydrogen-bond donors (Lipinski definition) is 2. The lowest BCUT2D eigenvalue weighted by Crippen LogP contribution is -2.12. The fourth-order valence-electron chi connectivity index (χ4n) is 2.66. The Labute approximate surface area is 166 Å². The van der Waals surface area contributed by atoms with Gasteiger partial charge in [0, 0.05) is 22.9 Å². The summed E-state index contributed by atoms with van der Waals surface area (Å²) in [7, 11) is 0. The summed E-state index contributed by atoms with van der Waals surface area (Å²) in [6.45, 7) is 6.20. The molecule has 0 saturated carbocycles. The first-order chi connectivity index (χ1) is 13.4. The summed E-state index contributed by atoms with van der Waals surface area (Å²) in [5.41, 5.74) is 3.27. The van der Waals surface area contributed by atoms with Gasteiger partial charge in [-0.25, -0.2) is 0 Å². The number of anilines is 3. The van der Waals surface area contributed by atoms with E-state index in [9.17, 15) is 4.79 Å². The van der Waals surface area contributed by atoms with Crippen LogP contribution in [-0.4, -0.2) is 19.8 Å². The first-order valence-electron chi connectivity index (χ1n) is 8.77. The van der Waals surface area contributed by atoms with E-state index in [0.717, 1.165) is 28.7 Å². The minimum absolute atomic E-state index is 0.100. The zero-order valence-corrected chi connectivity index (χ0v) is 16.5. The molecule has 2 heterocycles. The molecule has 2 N–H and O–H groups in total. The first-order valence-corrected chi connectivity index (χ1v) is 9.50. The molecule has 0 fully saturated rings. The topological polar surface area (TPSA) is 92.9 Å². The van der Waals surface area contributed by atoms with E-state index in [1.807, 2.05) is 36.4 Å². The van der Waals surface area contributed by atoms with Gasteiger partial charge in [-0.05, 0) is 36.4 Å². The highest BCUT2D eigenvalue weighted by molar-refractivity contribution is 7.00. The SMILES string of the molecule is CC(C)(C)c1cc(Nc2ccc(NC(=O)c3cccc4nsnc34)cc2)no1. The average Bonchev–Trinajstić information content (AvgIpc) is 3.32. The van der Waals surface area contributed by atoms with Gasteiger partial charge < -0.3 is 15.2 Å². The van der Waals surface area contributed by atoms with Crippen molar-refractivity contribution in [2.24, 2.45) is 0 Å². The smallest absolute Gasteiger partial charge is 0.257 e. The Hall–Kier alpha value is -3.26. The number of nitrogens with zero attached hydrogens (tertiary/aromatic N) is 3. The highest BCUT2D eigenvalue weighted by Crippen LogP contribution is 2.26. The second-order valence-corrected chi connectivity index (χ2v) is 7.95. The van der Waals surface area contributed by atoms with Crippen molar-refractivity contribution in [1.82, 2.24) is 13.9 Å². The van der Waals surface area contributed by atoms with Gasteiger partial charge in [-0.1, -0.05) is 32.0 Å². The van der Waals surface area contributed by atoms with Crippen LogP contribution in [0.4, 0.5) is 17.2 Å². The number of carbonyl (C=O) groups excluding carboxylic acids is 1. The second-order valence-electron chi connectivity index (χ2n) is 7.42. The van der Waals surface area contributed by atoms with Gasteiger partial charge in [-0.2, -0.15) is 8.75 Å². The number of fused-ring (bicyclic) bond motifs is 1. The van der Waals surface area contributed by atoms with Crippen LogP contribution in [0.5, 0.6) is 0 Å². The lowest BCUT2D eigenvalue weighted by Gasteiger charge is -2.12. The number of nitrogens with one attached hydrogen (secondary N) is 2. The summed E-state index contributed by atoms with van der Waals surface area (Å²) < 4.78 is 13.7. The summed E-state index contributed by atoms with van der Waals surface area (Å²) in [5.74, 6) is 1.24. The third-order valence-corrected chi connectivity index (χ3v) is 4.74. The molecule has 4 aromatic rings. The van der Waals surface area contributed by atoms with E-state index in [0.29, 0.717) is 22.6 Å². The lowest BCUT2D eigenvalue weighted by molar-refractivity contribution is 0.102. The van der Waals surface area contributed by atoms with E-state index in [-0.39, 0.29) is 11.3 Å². The van der Waals surface area contributed by atoms with Crippen molar-refractivity contribution in [2.75, 3.05) is 10.6 Å². The van der Waals surface area contributed by atoms with E-state index >= 15 is 0 Å². The molecule has 0 saturated heterocycles. The molecule has 0 atom stereocenters. The average molecular weight is 393 g/mol. The molecule has 0 unspecified atom stereocenters. The predicted octanol–water partition coefficient (Wildman–Crippen LogP) is 4.97. The van der Waals surface area contributed by atoms with Gasteiger partial charge in [0.1, 0.15) is 16.8 Å². The third-order valence-electron chi connectivity index (χ3n) is 4.20. The van der Waals surface area contributed by atoms with Crippen molar-refractivity contribution in [3.8, 4) is 0 Å². The van der Waals surface area contributed by atoms with Gasteiger partial charge in [-0.15, -0.1) is 0 Å². The van der Waals surface area contributed by atoms with E-state index in [1.165, 1.54) is 0 Å². The molecule has 142 valence electrons. The second kappa shape index (κ2) is 7.05. The van der Waals surface area contributed by atoms with Gasteiger partial charge in [-0.3, -0.25) is 4.79 Å². The molecular weight excluding hydrogens is 374 g/mol. The number of carbonyl (C=O) groups is 1. The minimum Gasteiger partial charge on any atom is -0.359 e. The zero-order valence-electron chi connectivity index (χ0n) is 15.7. The Morgan fingerprint density at radius 3 is 2.50 bits per heavy atom. The van der Waals surface area contributed by atoms with E-state index in [1.54, 1.807) is 12.1 Å². The van der Waals surface area contributed by atoms with Gasteiger partial charge in [0.2, 0.25) is 0 Å². The molecule has 2 aromatic heterocycles. The molecule has 0 aliphatic heterocycles. The Bertz CT molecular complexity index is 1130. The fraction of sp³-hybridized carbons (Fsp3) is 0.200. The van der Waals surface area contributed by atoms with Crippen LogP contribution in [0.25, 0.3) is 11.0 Å². The molecule has 28 heavy (non-hydrogen) atoms. The monoisotopic (exact) mass is 393 g/mol. The highest BCUT2D eigenvalue weighted by Gasteiger charge is 2.19. The van der Waals surface area contributed by atoms with Crippen LogP contribution in [0.15, 0.2) is 53.1 Å². The van der Waals surface area contributed by atoms with Crippen LogP contribution >= 0.6 is 11.7 Å². The minimum atomic E-state index is -0.217. The molecule has 7 nitrogen and oxygen atoms in total. The molecule has 1 amide bonds. The Kier molecular flexibility index (Phi) is 4.56. The van der Waals surface area contributed by atoms with Crippen LogP contribution in [0.2, 0.25) is 0 Å². The van der Waals surface area contributed by atoms with E-state index in [2.05, 4.69) is 45.3 Å². The summed E-state index contributed by atoms with van der Waals surface area (Å²) in [4.78, 5) is 12.6. The summed E-state index contributed by atoms with van der Waals surface area (Å²) in [6, 6.07) is 14.7. The van der Waals surface area contributed by atoms with Crippen LogP contribution in [0.3, 0.4) is 0 Å². The van der Waals surface area contributed by atoms with Gasteiger partial charge >= 0.3 is 0 Å². The maximum absolute atomic E-state index is 12.6. The highest BCUT2D eigenvalue weighted by atomic mass is 32.1. The molecule has 2 aromatic carbocycles. The molecule has 8 heteroatoms. The van der Waals surface area contributed by atoms with Crippen LogP contribution in [0, 0.1) is 0 Å². The van der Waals surface area contributed by atoms with Crippen LogP contribution in [-0.2, 0) is 5.41 Å². The summed E-state index contributed by atoms with van der Waals surface area (Å²) in [5, 5.41) is 10.1. The standard InChI is InChI=1S/C20H19N5O2S/c1-20(2,3)16-11-17(23-27-16)21-12-7-9-13(10-8-12)22-19(26)14-5-4-6-15-18(14)25-28-24-15/h4-11H,1-3H3,(H,21,23)(H,22,26). The molecule has 0 radical (unpaired) electrons.